The van der Waals surface area contributed by atoms with Gasteiger partial charge in [-0.2, -0.15) is 0 Å². The molecule has 0 saturated carbocycles. The van der Waals surface area contributed by atoms with E-state index in [4.69, 9.17) is 0 Å². The van der Waals surface area contributed by atoms with E-state index >= 15 is 0 Å². The highest BCUT2D eigenvalue weighted by molar-refractivity contribution is 5.39. The van der Waals surface area contributed by atoms with Crippen LogP contribution in [-0.2, 0) is 13.0 Å². The van der Waals surface area contributed by atoms with Crippen LogP contribution in [0.3, 0.4) is 0 Å². The van der Waals surface area contributed by atoms with E-state index < -0.39 is 0 Å². The monoisotopic (exact) mass is 284 g/mol. The van der Waals surface area contributed by atoms with Crippen LogP contribution in [-0.4, -0.2) is 11.5 Å². The van der Waals surface area contributed by atoms with Crippen molar-refractivity contribution in [1.82, 2.24) is 10.3 Å². The maximum Gasteiger partial charge on any atom is 0.127 e. The number of rotatable bonds is 5. The number of aromatic nitrogens is 1. The predicted octanol–water partition coefficient (Wildman–Crippen LogP) is 3.80. The minimum absolute atomic E-state index is 0.104. The van der Waals surface area contributed by atoms with Gasteiger partial charge in [0, 0.05) is 18.7 Å². The summed E-state index contributed by atoms with van der Waals surface area (Å²) in [6, 6.07) is 9.54. The quantitative estimate of drug-likeness (QED) is 0.845. The van der Waals surface area contributed by atoms with Crippen LogP contribution in [0.25, 0.3) is 0 Å². The van der Waals surface area contributed by atoms with Crippen LogP contribution in [0.15, 0.2) is 36.5 Å². The van der Waals surface area contributed by atoms with E-state index in [9.17, 15) is 4.39 Å². The summed E-state index contributed by atoms with van der Waals surface area (Å²) in [5.41, 5.74) is 4.25. The second-order valence-corrected chi connectivity index (χ2v) is 5.67. The van der Waals surface area contributed by atoms with Crippen molar-refractivity contribution < 1.29 is 4.39 Å². The first-order valence-corrected chi connectivity index (χ1v) is 7.72. The van der Waals surface area contributed by atoms with Gasteiger partial charge in [-0.3, -0.25) is 4.98 Å². The van der Waals surface area contributed by atoms with Crippen molar-refractivity contribution in [2.45, 2.75) is 38.6 Å². The molecule has 1 heterocycles. The molecule has 0 amide bonds. The Kier molecular flexibility index (Phi) is 4.30. The number of hydrogen-bond donors (Lipinski definition) is 1. The summed E-state index contributed by atoms with van der Waals surface area (Å²) in [6.07, 6.45) is 4.86. The summed E-state index contributed by atoms with van der Waals surface area (Å²) in [7, 11) is 0. The fourth-order valence-corrected chi connectivity index (χ4v) is 3.10. The Morgan fingerprint density at radius 1 is 1.33 bits per heavy atom. The summed E-state index contributed by atoms with van der Waals surface area (Å²) in [4.78, 5) is 4.48. The van der Waals surface area contributed by atoms with Crippen molar-refractivity contribution >= 4 is 0 Å². The van der Waals surface area contributed by atoms with Gasteiger partial charge in [-0.15, -0.1) is 0 Å². The van der Waals surface area contributed by atoms with Gasteiger partial charge in [0.2, 0.25) is 0 Å². The lowest BCUT2D eigenvalue weighted by molar-refractivity contribution is 0.589. The number of aryl methyl sites for hydroxylation is 1. The molecule has 0 fully saturated rings. The van der Waals surface area contributed by atoms with E-state index in [1.807, 2.05) is 24.4 Å². The SMILES string of the molecule is CCCNCc1ccc(F)c(C2CCc3cccnc32)c1. The smallest absolute Gasteiger partial charge is 0.127 e. The first kappa shape index (κ1) is 14.2. The number of hydrogen-bond acceptors (Lipinski definition) is 2. The zero-order valence-electron chi connectivity index (χ0n) is 12.4. The van der Waals surface area contributed by atoms with E-state index in [0.717, 1.165) is 49.2 Å². The number of nitrogens with one attached hydrogen (secondary N) is 1. The topological polar surface area (TPSA) is 24.9 Å². The molecule has 1 unspecified atom stereocenters. The molecule has 0 aliphatic heterocycles. The van der Waals surface area contributed by atoms with Crippen LogP contribution in [0, 0.1) is 5.82 Å². The van der Waals surface area contributed by atoms with Gasteiger partial charge in [-0.1, -0.05) is 25.1 Å². The Morgan fingerprint density at radius 3 is 3.10 bits per heavy atom. The molecule has 21 heavy (non-hydrogen) atoms. The molecule has 1 aliphatic rings. The van der Waals surface area contributed by atoms with Gasteiger partial charge in [-0.05, 0) is 54.6 Å². The van der Waals surface area contributed by atoms with E-state index in [2.05, 4.69) is 23.3 Å². The second-order valence-electron chi connectivity index (χ2n) is 5.67. The summed E-state index contributed by atoms with van der Waals surface area (Å²) in [5.74, 6) is -0.00919. The zero-order chi connectivity index (χ0) is 14.7. The van der Waals surface area contributed by atoms with Crippen LogP contribution in [0.1, 0.15) is 48.1 Å². The minimum atomic E-state index is -0.113. The average molecular weight is 284 g/mol. The van der Waals surface area contributed by atoms with Crippen LogP contribution in [0.5, 0.6) is 0 Å². The van der Waals surface area contributed by atoms with Crippen molar-refractivity contribution in [2.75, 3.05) is 6.54 Å². The van der Waals surface area contributed by atoms with Gasteiger partial charge >= 0.3 is 0 Å². The Hall–Kier alpha value is -1.74. The molecule has 2 nitrogen and oxygen atoms in total. The minimum Gasteiger partial charge on any atom is -0.313 e. The van der Waals surface area contributed by atoms with Crippen molar-refractivity contribution in [3.8, 4) is 0 Å². The van der Waals surface area contributed by atoms with Gasteiger partial charge in [0.25, 0.3) is 0 Å². The van der Waals surface area contributed by atoms with Crippen molar-refractivity contribution in [3.63, 3.8) is 0 Å². The summed E-state index contributed by atoms with van der Waals surface area (Å²) < 4.78 is 14.3. The van der Waals surface area contributed by atoms with Crippen LogP contribution >= 0.6 is 0 Å². The third-order valence-electron chi connectivity index (χ3n) is 4.15. The lowest BCUT2D eigenvalue weighted by Crippen LogP contribution is -2.14. The molecule has 0 radical (unpaired) electrons. The van der Waals surface area contributed by atoms with E-state index in [0.29, 0.717) is 0 Å². The van der Waals surface area contributed by atoms with Crippen LogP contribution in [0.2, 0.25) is 0 Å². The van der Waals surface area contributed by atoms with Gasteiger partial charge in [0.15, 0.2) is 0 Å². The molecule has 0 saturated heterocycles. The first-order chi connectivity index (χ1) is 10.3. The molecule has 2 aromatic rings. The van der Waals surface area contributed by atoms with Crippen molar-refractivity contribution in [3.05, 3.63) is 64.7 Å². The number of fused-ring (bicyclic) bond motifs is 1. The van der Waals surface area contributed by atoms with Gasteiger partial charge in [-0.25, -0.2) is 4.39 Å². The number of pyridine rings is 1. The Labute approximate surface area is 125 Å². The summed E-state index contributed by atoms with van der Waals surface area (Å²) in [6.45, 7) is 3.92. The van der Waals surface area contributed by atoms with Gasteiger partial charge in [0.1, 0.15) is 5.82 Å². The normalized spacial score (nSPS) is 17.0. The molecule has 0 spiro atoms. The number of nitrogens with zero attached hydrogens (tertiary/aromatic N) is 1. The van der Waals surface area contributed by atoms with Gasteiger partial charge in [0.05, 0.1) is 5.69 Å². The lowest BCUT2D eigenvalue weighted by atomic mass is 9.94. The van der Waals surface area contributed by atoms with Crippen molar-refractivity contribution in [2.24, 2.45) is 0 Å². The molecule has 1 N–H and O–H groups in total. The highest BCUT2D eigenvalue weighted by atomic mass is 19.1. The van der Waals surface area contributed by atoms with Gasteiger partial charge < -0.3 is 5.32 Å². The second kappa shape index (κ2) is 6.35. The predicted molar refractivity (Wildman–Crippen MR) is 82.8 cm³/mol. The highest BCUT2D eigenvalue weighted by Crippen LogP contribution is 2.37. The third kappa shape index (κ3) is 2.98. The first-order valence-electron chi connectivity index (χ1n) is 7.72. The molecule has 1 atom stereocenters. The summed E-state index contributed by atoms with van der Waals surface area (Å²) in [5, 5.41) is 3.37. The summed E-state index contributed by atoms with van der Waals surface area (Å²) >= 11 is 0. The molecule has 1 aromatic carbocycles. The average Bonchev–Trinajstić information content (AvgIpc) is 2.93. The molecular weight excluding hydrogens is 263 g/mol. The van der Waals surface area contributed by atoms with Crippen molar-refractivity contribution in [1.29, 1.82) is 0 Å². The molecule has 0 bridgehead atoms. The lowest BCUT2D eigenvalue weighted by Gasteiger charge is -2.14. The Morgan fingerprint density at radius 2 is 2.24 bits per heavy atom. The largest absolute Gasteiger partial charge is 0.313 e. The molecular formula is C18H21FN2. The standard InChI is InChI=1S/C18H21FN2/c1-2-9-20-12-13-5-8-17(19)16(11-13)15-7-6-14-4-3-10-21-18(14)15/h3-5,8,10-11,15,20H,2,6-7,9,12H2,1H3. The van der Waals surface area contributed by atoms with Crippen LogP contribution < -0.4 is 5.32 Å². The Bertz CT molecular complexity index is 624. The maximum absolute atomic E-state index is 14.3. The van der Waals surface area contributed by atoms with E-state index in [-0.39, 0.29) is 11.7 Å². The Balaban J connectivity index is 1.87. The third-order valence-corrected chi connectivity index (χ3v) is 4.15. The zero-order valence-corrected chi connectivity index (χ0v) is 12.4. The fraction of sp³-hybridized carbons (Fsp3) is 0.389. The molecule has 1 aromatic heterocycles. The number of benzene rings is 1. The maximum atomic E-state index is 14.3. The van der Waals surface area contributed by atoms with Crippen LogP contribution in [0.4, 0.5) is 4.39 Å². The number of halogens is 1. The van der Waals surface area contributed by atoms with E-state index in [1.54, 1.807) is 6.07 Å². The molecule has 110 valence electrons. The fourth-order valence-electron chi connectivity index (χ4n) is 3.10. The molecule has 3 heteroatoms. The highest BCUT2D eigenvalue weighted by Gasteiger charge is 2.27. The molecule has 1 aliphatic carbocycles. The van der Waals surface area contributed by atoms with E-state index in [1.165, 1.54) is 5.56 Å². The molecule has 3 rings (SSSR count).